The van der Waals surface area contributed by atoms with E-state index in [0.717, 1.165) is 31.5 Å². The summed E-state index contributed by atoms with van der Waals surface area (Å²) in [5.74, 6) is -0.290. The Hall–Kier alpha value is -3.23. The third kappa shape index (κ3) is 7.13. The van der Waals surface area contributed by atoms with Gasteiger partial charge in [0.1, 0.15) is 0 Å². The van der Waals surface area contributed by atoms with Gasteiger partial charge >= 0.3 is 0 Å². The number of anilines is 1. The first kappa shape index (κ1) is 24.9. The molecule has 0 aromatic heterocycles. The second kappa shape index (κ2) is 11.5. The van der Waals surface area contributed by atoms with Gasteiger partial charge in [0.25, 0.3) is 5.91 Å². The monoisotopic (exact) mass is 477 g/mol. The zero-order valence-corrected chi connectivity index (χ0v) is 20.5. The van der Waals surface area contributed by atoms with Gasteiger partial charge in [0, 0.05) is 38.8 Å². The highest BCUT2D eigenvalue weighted by atomic mass is 16.2. The van der Waals surface area contributed by atoms with Crippen molar-refractivity contribution in [1.82, 2.24) is 20.4 Å². The van der Waals surface area contributed by atoms with E-state index in [4.69, 9.17) is 0 Å². The van der Waals surface area contributed by atoms with E-state index >= 15 is 0 Å². The van der Waals surface area contributed by atoms with E-state index in [9.17, 15) is 14.4 Å². The van der Waals surface area contributed by atoms with Gasteiger partial charge in [-0.1, -0.05) is 42.0 Å². The predicted molar refractivity (Wildman–Crippen MR) is 136 cm³/mol. The smallest absolute Gasteiger partial charge is 0.253 e. The first-order valence-electron chi connectivity index (χ1n) is 12.4. The highest BCUT2D eigenvalue weighted by Crippen LogP contribution is 2.19. The largest absolute Gasteiger partial charge is 0.352 e. The van der Waals surface area contributed by atoms with Crippen LogP contribution in [0, 0.1) is 6.92 Å². The number of nitrogens with one attached hydrogen (secondary N) is 3. The Balaban J connectivity index is 1.25. The van der Waals surface area contributed by atoms with E-state index in [1.165, 1.54) is 5.56 Å². The molecular formula is C27H35N5O3. The van der Waals surface area contributed by atoms with Crippen LogP contribution in [-0.4, -0.2) is 72.3 Å². The van der Waals surface area contributed by atoms with Crippen molar-refractivity contribution in [3.63, 3.8) is 0 Å². The molecule has 186 valence electrons. The molecule has 1 atom stereocenters. The van der Waals surface area contributed by atoms with Gasteiger partial charge in [-0.15, -0.1) is 0 Å². The van der Waals surface area contributed by atoms with Crippen molar-refractivity contribution >= 4 is 23.4 Å². The average Bonchev–Trinajstić information content (AvgIpc) is 3.68. The molecule has 0 spiro atoms. The first-order chi connectivity index (χ1) is 16.9. The number of aryl methyl sites for hydroxylation is 1. The van der Waals surface area contributed by atoms with Crippen LogP contribution in [0.5, 0.6) is 0 Å². The van der Waals surface area contributed by atoms with Crippen molar-refractivity contribution in [2.75, 3.05) is 38.0 Å². The second-order valence-corrected chi connectivity index (χ2v) is 9.53. The molecule has 1 aliphatic carbocycles. The van der Waals surface area contributed by atoms with E-state index in [1.807, 2.05) is 38.1 Å². The van der Waals surface area contributed by atoms with E-state index in [-0.39, 0.29) is 30.3 Å². The quantitative estimate of drug-likeness (QED) is 0.515. The summed E-state index contributed by atoms with van der Waals surface area (Å²) in [6, 6.07) is 15.3. The molecule has 3 N–H and O–H groups in total. The predicted octanol–water partition coefficient (Wildman–Crippen LogP) is 2.15. The number of amides is 3. The van der Waals surface area contributed by atoms with Crippen LogP contribution in [0.25, 0.3) is 0 Å². The van der Waals surface area contributed by atoms with E-state index in [0.29, 0.717) is 36.9 Å². The summed E-state index contributed by atoms with van der Waals surface area (Å²) in [4.78, 5) is 42.1. The highest BCUT2D eigenvalue weighted by Gasteiger charge is 2.30. The summed E-state index contributed by atoms with van der Waals surface area (Å²) in [7, 11) is 0. The molecule has 2 aromatic carbocycles. The van der Waals surface area contributed by atoms with Crippen LogP contribution in [0.1, 0.15) is 41.3 Å². The fraction of sp³-hybridized carbons (Fsp3) is 0.444. The molecule has 1 saturated heterocycles. The Labute approximate surface area is 207 Å². The van der Waals surface area contributed by atoms with Crippen molar-refractivity contribution in [3.8, 4) is 0 Å². The van der Waals surface area contributed by atoms with Crippen molar-refractivity contribution in [3.05, 3.63) is 65.2 Å². The highest BCUT2D eigenvalue weighted by molar-refractivity contribution is 6.04. The third-order valence-corrected chi connectivity index (χ3v) is 6.64. The van der Waals surface area contributed by atoms with Gasteiger partial charge < -0.3 is 16.0 Å². The normalized spacial score (nSPS) is 17.4. The number of para-hydroxylation sites is 1. The molecule has 1 heterocycles. The summed E-state index contributed by atoms with van der Waals surface area (Å²) < 4.78 is 0. The molecule has 3 amide bonds. The van der Waals surface area contributed by atoms with Crippen molar-refractivity contribution in [1.29, 1.82) is 0 Å². The lowest BCUT2D eigenvalue weighted by Crippen LogP contribution is -2.55. The number of carbonyl (C=O) groups is 3. The Bertz CT molecular complexity index is 1040. The summed E-state index contributed by atoms with van der Waals surface area (Å²) in [6.07, 6.45) is 2.16. The summed E-state index contributed by atoms with van der Waals surface area (Å²) in [5.41, 5.74) is 3.13. The molecule has 0 radical (unpaired) electrons. The minimum Gasteiger partial charge on any atom is -0.352 e. The molecule has 1 aliphatic heterocycles. The molecule has 2 aliphatic rings. The maximum atomic E-state index is 12.8. The summed E-state index contributed by atoms with van der Waals surface area (Å²) >= 11 is 0. The van der Waals surface area contributed by atoms with Gasteiger partial charge in [0.15, 0.2) is 0 Å². The van der Waals surface area contributed by atoms with Gasteiger partial charge in [-0.2, -0.15) is 0 Å². The number of carbonyl (C=O) groups excluding carboxylic acids is 3. The molecule has 2 fully saturated rings. The molecule has 35 heavy (non-hydrogen) atoms. The molecule has 0 unspecified atom stereocenters. The van der Waals surface area contributed by atoms with Gasteiger partial charge in [-0.25, -0.2) is 0 Å². The average molecular weight is 478 g/mol. The van der Waals surface area contributed by atoms with E-state index in [1.54, 1.807) is 24.3 Å². The van der Waals surface area contributed by atoms with Crippen LogP contribution >= 0.6 is 0 Å². The SMILES string of the molecule is Cc1ccc(CNC(=O)c2ccccc2NC(=O)CN2CCN([C@H](C)C(=O)NC3CC3)CC2)cc1. The number of hydrogen-bond acceptors (Lipinski definition) is 5. The minimum absolute atomic E-state index is 0.0935. The lowest BCUT2D eigenvalue weighted by molar-refractivity contribution is -0.127. The fourth-order valence-electron chi connectivity index (χ4n) is 4.19. The zero-order valence-electron chi connectivity index (χ0n) is 20.5. The van der Waals surface area contributed by atoms with Crippen LogP contribution in [0.4, 0.5) is 5.69 Å². The van der Waals surface area contributed by atoms with Gasteiger partial charge in [-0.05, 0) is 44.4 Å². The van der Waals surface area contributed by atoms with Crippen LogP contribution in [0.2, 0.25) is 0 Å². The lowest BCUT2D eigenvalue weighted by Gasteiger charge is -2.37. The Morgan fingerprint density at radius 1 is 0.971 bits per heavy atom. The maximum Gasteiger partial charge on any atom is 0.253 e. The van der Waals surface area contributed by atoms with Crippen molar-refractivity contribution in [2.24, 2.45) is 0 Å². The van der Waals surface area contributed by atoms with Gasteiger partial charge in [-0.3, -0.25) is 24.2 Å². The first-order valence-corrected chi connectivity index (χ1v) is 12.4. The molecule has 2 aromatic rings. The number of rotatable bonds is 9. The molecular weight excluding hydrogens is 442 g/mol. The maximum absolute atomic E-state index is 12.8. The standard InChI is InChI=1S/C27H35N5O3/c1-19-7-9-21(10-8-19)17-28-27(35)23-5-3-4-6-24(23)30-25(33)18-31-13-15-32(16-14-31)20(2)26(34)29-22-11-12-22/h3-10,20,22H,11-18H2,1-2H3,(H,28,35)(H,29,34)(H,30,33)/t20-/m1/s1. The summed E-state index contributed by atoms with van der Waals surface area (Å²) in [6.45, 7) is 7.55. The summed E-state index contributed by atoms with van der Waals surface area (Å²) in [5, 5.41) is 8.90. The van der Waals surface area contributed by atoms with Crippen LogP contribution < -0.4 is 16.0 Å². The molecule has 1 saturated carbocycles. The number of hydrogen-bond donors (Lipinski definition) is 3. The van der Waals surface area contributed by atoms with Crippen LogP contribution in [0.15, 0.2) is 48.5 Å². The number of nitrogens with zero attached hydrogens (tertiary/aromatic N) is 2. The van der Waals surface area contributed by atoms with Crippen molar-refractivity contribution < 1.29 is 14.4 Å². The topological polar surface area (TPSA) is 93.8 Å². The van der Waals surface area contributed by atoms with E-state index < -0.39 is 0 Å². The van der Waals surface area contributed by atoms with Crippen LogP contribution in [-0.2, 0) is 16.1 Å². The Morgan fingerprint density at radius 3 is 2.34 bits per heavy atom. The molecule has 4 rings (SSSR count). The van der Waals surface area contributed by atoms with E-state index in [2.05, 4.69) is 25.8 Å². The third-order valence-electron chi connectivity index (χ3n) is 6.64. The lowest BCUT2D eigenvalue weighted by atomic mass is 10.1. The zero-order chi connectivity index (χ0) is 24.8. The Morgan fingerprint density at radius 2 is 1.66 bits per heavy atom. The number of benzene rings is 2. The van der Waals surface area contributed by atoms with Gasteiger partial charge in [0.2, 0.25) is 11.8 Å². The van der Waals surface area contributed by atoms with Crippen LogP contribution in [0.3, 0.4) is 0 Å². The Kier molecular flexibility index (Phi) is 8.15. The molecule has 0 bridgehead atoms. The number of piperazine rings is 1. The molecule has 8 heteroatoms. The van der Waals surface area contributed by atoms with Gasteiger partial charge in [0.05, 0.1) is 23.8 Å². The fourth-order valence-corrected chi connectivity index (χ4v) is 4.19. The molecule has 8 nitrogen and oxygen atoms in total. The second-order valence-electron chi connectivity index (χ2n) is 9.53. The minimum atomic E-state index is -0.228. The van der Waals surface area contributed by atoms with Crippen molar-refractivity contribution in [2.45, 2.75) is 45.3 Å².